The molecule has 0 saturated carbocycles. The number of nitrogens with zero attached hydrogens (tertiary/aromatic N) is 5. The lowest BCUT2D eigenvalue weighted by Gasteiger charge is -2.42. The van der Waals surface area contributed by atoms with Crippen molar-refractivity contribution in [2.24, 2.45) is 7.05 Å². The summed E-state index contributed by atoms with van der Waals surface area (Å²) < 4.78 is 22.5. The van der Waals surface area contributed by atoms with Crippen LogP contribution in [0.25, 0.3) is 21.7 Å². The van der Waals surface area contributed by atoms with E-state index in [2.05, 4.69) is 68.2 Å². The van der Waals surface area contributed by atoms with Crippen LogP contribution in [-0.2, 0) is 19.9 Å². The smallest absolute Gasteiger partial charge is 0.258 e. The number of rotatable bonds is 9. The number of aromatic amines is 1. The number of hydrogen-bond acceptors (Lipinski definition) is 6. The number of nitrogens with one attached hydrogen (secondary N) is 1. The zero-order valence-electron chi connectivity index (χ0n) is 24.2. The van der Waals surface area contributed by atoms with Crippen molar-refractivity contribution in [2.45, 2.75) is 71.0 Å². The van der Waals surface area contributed by atoms with Crippen LogP contribution in [-0.4, -0.2) is 43.6 Å². The highest BCUT2D eigenvalue weighted by Gasteiger charge is 2.48. The number of H-pyrrole nitrogens is 1. The van der Waals surface area contributed by atoms with Gasteiger partial charge in [-0.1, -0.05) is 58.9 Å². The minimum Gasteiger partial charge on any atom is -0.541 e. The third-order valence-electron chi connectivity index (χ3n) is 8.22. The van der Waals surface area contributed by atoms with E-state index < -0.39 is 8.32 Å². The number of aromatic hydroxyl groups is 1. The van der Waals surface area contributed by atoms with Crippen molar-refractivity contribution in [1.29, 1.82) is 0 Å². The lowest BCUT2D eigenvalue weighted by atomic mass is 9.96. The zero-order valence-corrected chi connectivity index (χ0v) is 25.2. The van der Waals surface area contributed by atoms with Gasteiger partial charge in [0, 0.05) is 36.6 Å². The first kappa shape index (κ1) is 27.8. The third-order valence-corrected chi connectivity index (χ3v) is 14.2. The summed E-state index contributed by atoms with van der Waals surface area (Å²) in [5.74, 6) is 1.05. The summed E-state index contributed by atoms with van der Waals surface area (Å²) >= 11 is 0. The van der Waals surface area contributed by atoms with E-state index in [0.717, 1.165) is 27.5 Å². The van der Waals surface area contributed by atoms with Crippen LogP contribution in [0, 0.1) is 5.82 Å². The number of tetrazole rings is 1. The fourth-order valence-corrected chi connectivity index (χ4v) is 11.7. The van der Waals surface area contributed by atoms with Crippen LogP contribution in [0.5, 0.6) is 11.6 Å². The lowest BCUT2D eigenvalue weighted by Crippen LogP contribution is -2.50. The molecule has 0 aliphatic rings. The first-order valence-corrected chi connectivity index (χ1v) is 15.9. The molecule has 0 radical (unpaired) electrons. The molecule has 10 heteroatoms. The second-order valence-electron chi connectivity index (χ2n) is 11.6. The molecular weight excluding hydrogens is 523 g/mol. The molecule has 0 bridgehead atoms. The van der Waals surface area contributed by atoms with E-state index in [0.29, 0.717) is 51.9 Å². The van der Waals surface area contributed by atoms with Crippen LogP contribution in [0.2, 0.25) is 16.6 Å². The van der Waals surface area contributed by atoms with E-state index in [9.17, 15) is 9.50 Å². The highest BCUT2D eigenvalue weighted by molar-refractivity contribution is 6.78. The van der Waals surface area contributed by atoms with Crippen molar-refractivity contribution in [3.8, 4) is 11.6 Å². The summed E-state index contributed by atoms with van der Waals surface area (Å²) in [6.45, 7) is 13.5. The summed E-state index contributed by atoms with van der Waals surface area (Å²) in [6.07, 6.45) is 4.78. The normalized spacial score (nSPS) is 12.5. The highest BCUT2D eigenvalue weighted by Crippen LogP contribution is 2.49. The fourth-order valence-electron chi connectivity index (χ4n) is 6.42. The van der Waals surface area contributed by atoms with Crippen LogP contribution in [0.1, 0.15) is 64.1 Å². The third kappa shape index (κ3) is 4.74. The van der Waals surface area contributed by atoms with Crippen LogP contribution >= 0.6 is 0 Å². The highest BCUT2D eigenvalue weighted by atomic mass is 28.4. The number of fused-ring (bicyclic) bond motifs is 2. The van der Waals surface area contributed by atoms with Gasteiger partial charge in [0.05, 0.1) is 5.39 Å². The van der Waals surface area contributed by atoms with Crippen molar-refractivity contribution in [1.82, 2.24) is 30.2 Å². The molecule has 2 aromatic carbocycles. The van der Waals surface area contributed by atoms with Gasteiger partial charge in [-0.3, -0.25) is 4.98 Å². The maximum Gasteiger partial charge on any atom is 0.258 e. The van der Waals surface area contributed by atoms with E-state index in [1.165, 1.54) is 12.1 Å². The summed E-state index contributed by atoms with van der Waals surface area (Å²) in [4.78, 5) is 4.99. The maximum atomic E-state index is 13.5. The number of halogens is 1. The van der Waals surface area contributed by atoms with Gasteiger partial charge in [0.1, 0.15) is 17.1 Å². The average Bonchev–Trinajstić information content (AvgIpc) is 3.52. The maximum absolute atomic E-state index is 13.5. The summed E-state index contributed by atoms with van der Waals surface area (Å²) in [6, 6.07) is 8.66. The molecule has 2 N–H and O–H groups in total. The Balaban J connectivity index is 1.80. The molecule has 0 amide bonds. The van der Waals surface area contributed by atoms with Crippen molar-refractivity contribution < 1.29 is 13.9 Å². The molecule has 0 spiro atoms. The molecule has 8 nitrogen and oxygen atoms in total. The number of aromatic nitrogens is 6. The lowest BCUT2D eigenvalue weighted by molar-refractivity contribution is 0.434. The van der Waals surface area contributed by atoms with Gasteiger partial charge in [-0.15, -0.1) is 10.2 Å². The number of hydrogen-bond donors (Lipinski definition) is 2. The molecule has 210 valence electrons. The summed E-state index contributed by atoms with van der Waals surface area (Å²) in [5, 5.41) is 28.5. The predicted octanol–water partition coefficient (Wildman–Crippen LogP) is 6.82. The Hall–Kier alpha value is -3.79. The molecular formula is C30H37FN6O2Si. The second kappa shape index (κ2) is 10.6. The minimum atomic E-state index is -2.41. The van der Waals surface area contributed by atoms with Crippen molar-refractivity contribution in [3.63, 3.8) is 0 Å². The van der Waals surface area contributed by atoms with Gasteiger partial charge in [-0.25, -0.2) is 4.39 Å². The molecule has 0 aliphatic carbocycles. The van der Waals surface area contributed by atoms with Crippen molar-refractivity contribution >= 4 is 30.0 Å². The molecule has 0 atom stereocenters. The first-order chi connectivity index (χ1) is 19.0. The molecule has 3 heterocycles. The molecule has 0 aliphatic heterocycles. The molecule has 0 saturated heterocycles. The first-order valence-electron chi connectivity index (χ1n) is 13.8. The molecule has 40 heavy (non-hydrogen) atoms. The Labute approximate surface area is 234 Å². The Bertz CT molecular complexity index is 1620. The van der Waals surface area contributed by atoms with Crippen molar-refractivity contribution in [2.75, 3.05) is 0 Å². The van der Waals surface area contributed by atoms with E-state index in [-0.39, 0.29) is 11.7 Å². The standard InChI is InChI=1S/C30H37FN6O2Si/c1-17(2)40(18(3)4,19(5)6)39-29-27-25(16-37(7)30(27)38)23(14-26-33-35-36-34-26)24-13-21(15-32-28(24)29)12-20-8-10-22(31)11-9-20/h8-11,13,15-19,38H,12,14H2,1-7H3,(H,33,34,35,36). The van der Waals surface area contributed by atoms with E-state index in [1.54, 1.807) is 16.7 Å². The Morgan fingerprint density at radius 1 is 0.975 bits per heavy atom. The molecule has 0 fully saturated rings. The largest absolute Gasteiger partial charge is 0.541 e. The molecule has 3 aromatic heterocycles. The number of aryl methyl sites for hydroxylation is 1. The Morgan fingerprint density at radius 2 is 1.65 bits per heavy atom. The Morgan fingerprint density at radius 3 is 2.25 bits per heavy atom. The monoisotopic (exact) mass is 560 g/mol. The van der Waals surface area contributed by atoms with Gasteiger partial charge in [-0.2, -0.15) is 5.21 Å². The van der Waals surface area contributed by atoms with E-state index in [4.69, 9.17) is 9.41 Å². The van der Waals surface area contributed by atoms with Gasteiger partial charge < -0.3 is 14.1 Å². The predicted molar refractivity (Wildman–Crippen MR) is 158 cm³/mol. The number of pyridine rings is 1. The fraction of sp³-hybridized carbons (Fsp3) is 0.400. The van der Waals surface area contributed by atoms with Gasteiger partial charge >= 0.3 is 0 Å². The Kier molecular flexibility index (Phi) is 7.39. The minimum absolute atomic E-state index is 0.137. The van der Waals surface area contributed by atoms with Gasteiger partial charge in [0.25, 0.3) is 8.32 Å². The van der Waals surface area contributed by atoms with Crippen molar-refractivity contribution in [3.05, 3.63) is 71.1 Å². The van der Waals surface area contributed by atoms with Gasteiger partial charge in [0.2, 0.25) is 5.88 Å². The summed E-state index contributed by atoms with van der Waals surface area (Å²) in [7, 11) is -0.586. The molecule has 5 aromatic rings. The van der Waals surface area contributed by atoms with E-state index in [1.807, 2.05) is 19.4 Å². The average molecular weight is 561 g/mol. The molecule has 0 unspecified atom stereocenters. The van der Waals surface area contributed by atoms with Crippen LogP contribution < -0.4 is 4.43 Å². The summed E-state index contributed by atoms with van der Waals surface area (Å²) in [5.41, 5.74) is 4.62. The quantitative estimate of drug-likeness (QED) is 0.192. The van der Waals surface area contributed by atoms with E-state index >= 15 is 0 Å². The van der Waals surface area contributed by atoms with Crippen LogP contribution in [0.3, 0.4) is 0 Å². The SMILES string of the molecule is CC(C)[Si](Oc1c2ncc(Cc3ccc(F)cc3)cc2c(Cc2nn[nH]n2)c2cn(C)c(O)c12)(C(C)C)C(C)C. The number of benzene rings is 2. The van der Waals surface area contributed by atoms with Crippen LogP contribution in [0.15, 0.2) is 42.7 Å². The molecule has 5 rings (SSSR count). The zero-order chi connectivity index (χ0) is 28.8. The second-order valence-corrected chi connectivity index (χ2v) is 17.0. The van der Waals surface area contributed by atoms with Gasteiger partial charge in [-0.05, 0) is 57.9 Å². The van der Waals surface area contributed by atoms with Crippen LogP contribution in [0.4, 0.5) is 4.39 Å². The topological polar surface area (TPSA) is 102 Å². The van der Waals surface area contributed by atoms with Gasteiger partial charge in [0.15, 0.2) is 5.82 Å².